The monoisotopic (exact) mass is 321 g/mol. The minimum atomic E-state index is 0.177. The molecule has 23 heavy (non-hydrogen) atoms. The number of methoxy groups -OCH3 is 1. The number of hydrogen-bond acceptors (Lipinski definition) is 4. The Morgan fingerprint density at radius 1 is 1.13 bits per heavy atom. The molecule has 1 heterocycles. The van der Waals surface area contributed by atoms with Gasteiger partial charge in [0.1, 0.15) is 0 Å². The second-order valence-electron chi connectivity index (χ2n) is 5.73. The minimum absolute atomic E-state index is 0.177. The first-order valence-corrected chi connectivity index (χ1v) is 8.29. The molecule has 1 amide bonds. The molecule has 1 saturated heterocycles. The summed E-state index contributed by atoms with van der Waals surface area (Å²) < 4.78 is 16.4. The standard InChI is InChI=1S/C18H27NO4/c1-21-12-9-18(20)19-10-7-17(8-11-19)23-14-13-22-15-16-5-3-2-4-6-16/h2-6,17H,7-15H2,1H3. The Morgan fingerprint density at radius 2 is 1.87 bits per heavy atom. The van der Waals surface area contributed by atoms with Gasteiger partial charge in [0, 0.05) is 20.2 Å². The summed E-state index contributed by atoms with van der Waals surface area (Å²) in [4.78, 5) is 13.8. The van der Waals surface area contributed by atoms with E-state index in [4.69, 9.17) is 14.2 Å². The van der Waals surface area contributed by atoms with Crippen LogP contribution in [-0.4, -0.2) is 56.9 Å². The lowest BCUT2D eigenvalue weighted by Crippen LogP contribution is -2.41. The maximum Gasteiger partial charge on any atom is 0.224 e. The molecule has 1 aromatic rings. The van der Waals surface area contributed by atoms with Crippen LogP contribution in [0.2, 0.25) is 0 Å². The normalized spacial score (nSPS) is 15.8. The van der Waals surface area contributed by atoms with Gasteiger partial charge in [-0.15, -0.1) is 0 Å². The van der Waals surface area contributed by atoms with E-state index in [0.717, 1.165) is 25.9 Å². The van der Waals surface area contributed by atoms with Gasteiger partial charge in [0.25, 0.3) is 0 Å². The first-order valence-electron chi connectivity index (χ1n) is 8.29. The van der Waals surface area contributed by atoms with Crippen LogP contribution in [0.3, 0.4) is 0 Å². The van der Waals surface area contributed by atoms with E-state index in [-0.39, 0.29) is 12.0 Å². The molecule has 0 N–H and O–H groups in total. The van der Waals surface area contributed by atoms with E-state index in [1.165, 1.54) is 5.56 Å². The molecular weight excluding hydrogens is 294 g/mol. The van der Waals surface area contributed by atoms with Crippen LogP contribution < -0.4 is 0 Å². The smallest absolute Gasteiger partial charge is 0.224 e. The zero-order valence-corrected chi connectivity index (χ0v) is 13.9. The van der Waals surface area contributed by atoms with Crippen molar-refractivity contribution >= 4 is 5.91 Å². The number of benzene rings is 1. The van der Waals surface area contributed by atoms with Crippen molar-refractivity contribution in [3.05, 3.63) is 35.9 Å². The van der Waals surface area contributed by atoms with E-state index < -0.39 is 0 Å². The fourth-order valence-electron chi connectivity index (χ4n) is 2.66. The Morgan fingerprint density at radius 3 is 2.57 bits per heavy atom. The summed E-state index contributed by atoms with van der Waals surface area (Å²) in [5.74, 6) is 0.177. The fourth-order valence-corrected chi connectivity index (χ4v) is 2.66. The largest absolute Gasteiger partial charge is 0.384 e. The molecule has 0 saturated carbocycles. The van der Waals surface area contributed by atoms with E-state index in [1.54, 1.807) is 7.11 Å². The van der Waals surface area contributed by atoms with Gasteiger partial charge in [0.15, 0.2) is 0 Å². The van der Waals surface area contributed by atoms with Crippen molar-refractivity contribution in [1.29, 1.82) is 0 Å². The SMILES string of the molecule is COCCC(=O)N1CCC(OCCOCc2ccccc2)CC1. The average molecular weight is 321 g/mol. The number of nitrogens with zero attached hydrogens (tertiary/aromatic N) is 1. The van der Waals surface area contributed by atoms with Crippen LogP contribution in [0.4, 0.5) is 0 Å². The molecule has 0 aliphatic carbocycles. The molecule has 5 heteroatoms. The maximum atomic E-state index is 11.9. The number of piperidine rings is 1. The number of amides is 1. The van der Waals surface area contributed by atoms with Gasteiger partial charge in [-0.25, -0.2) is 0 Å². The highest BCUT2D eigenvalue weighted by molar-refractivity contribution is 5.76. The highest BCUT2D eigenvalue weighted by Gasteiger charge is 2.22. The van der Waals surface area contributed by atoms with Crippen LogP contribution in [-0.2, 0) is 25.6 Å². The zero-order valence-electron chi connectivity index (χ0n) is 13.9. The predicted octanol–water partition coefficient (Wildman–Crippen LogP) is 2.25. The number of carbonyl (C=O) groups is 1. The Labute approximate surface area is 138 Å². The van der Waals surface area contributed by atoms with Gasteiger partial charge in [0.05, 0.1) is 39.0 Å². The van der Waals surface area contributed by atoms with Crippen molar-refractivity contribution in [3.63, 3.8) is 0 Å². The van der Waals surface area contributed by atoms with Crippen molar-refractivity contribution in [2.75, 3.05) is 40.0 Å². The highest BCUT2D eigenvalue weighted by Crippen LogP contribution is 2.14. The van der Waals surface area contributed by atoms with Gasteiger partial charge < -0.3 is 19.1 Å². The second-order valence-corrected chi connectivity index (χ2v) is 5.73. The van der Waals surface area contributed by atoms with Crippen molar-refractivity contribution in [1.82, 2.24) is 4.90 Å². The maximum absolute atomic E-state index is 11.9. The van der Waals surface area contributed by atoms with Crippen molar-refractivity contribution < 1.29 is 19.0 Å². The van der Waals surface area contributed by atoms with Crippen LogP contribution in [0.5, 0.6) is 0 Å². The molecule has 1 aromatic carbocycles. The fraction of sp³-hybridized carbons (Fsp3) is 0.611. The lowest BCUT2D eigenvalue weighted by atomic mass is 10.1. The molecule has 1 aliphatic heterocycles. The summed E-state index contributed by atoms with van der Waals surface area (Å²) in [6, 6.07) is 10.1. The third kappa shape index (κ3) is 6.69. The summed E-state index contributed by atoms with van der Waals surface area (Å²) in [7, 11) is 1.62. The van der Waals surface area contributed by atoms with Gasteiger partial charge in [-0.2, -0.15) is 0 Å². The molecular formula is C18H27NO4. The van der Waals surface area contributed by atoms with E-state index in [1.807, 2.05) is 23.1 Å². The number of likely N-dealkylation sites (tertiary alicyclic amines) is 1. The molecule has 0 spiro atoms. The third-order valence-electron chi connectivity index (χ3n) is 4.01. The van der Waals surface area contributed by atoms with E-state index in [0.29, 0.717) is 32.8 Å². The van der Waals surface area contributed by atoms with Crippen LogP contribution >= 0.6 is 0 Å². The molecule has 0 radical (unpaired) electrons. The number of ether oxygens (including phenoxy) is 3. The second kappa shape index (κ2) is 10.4. The Balaban J connectivity index is 1.52. The molecule has 0 unspecified atom stereocenters. The van der Waals surface area contributed by atoms with E-state index in [9.17, 15) is 4.79 Å². The molecule has 1 aliphatic rings. The number of hydrogen-bond donors (Lipinski definition) is 0. The van der Waals surface area contributed by atoms with Crippen LogP contribution in [0.1, 0.15) is 24.8 Å². The van der Waals surface area contributed by atoms with E-state index >= 15 is 0 Å². The predicted molar refractivity (Wildman–Crippen MR) is 88.1 cm³/mol. The van der Waals surface area contributed by atoms with E-state index in [2.05, 4.69) is 12.1 Å². The van der Waals surface area contributed by atoms with Gasteiger partial charge in [-0.1, -0.05) is 30.3 Å². The lowest BCUT2D eigenvalue weighted by molar-refractivity contribution is -0.135. The van der Waals surface area contributed by atoms with Crippen LogP contribution in [0.25, 0.3) is 0 Å². The number of rotatable bonds is 9. The van der Waals surface area contributed by atoms with Gasteiger partial charge >= 0.3 is 0 Å². The Kier molecular flexibility index (Phi) is 8.07. The van der Waals surface area contributed by atoms with Crippen molar-refractivity contribution in [2.45, 2.75) is 32.0 Å². The first-order chi connectivity index (χ1) is 11.3. The van der Waals surface area contributed by atoms with Crippen molar-refractivity contribution in [2.24, 2.45) is 0 Å². The summed E-state index contributed by atoms with van der Waals surface area (Å²) in [6.45, 7) is 3.87. The molecule has 128 valence electrons. The molecule has 0 bridgehead atoms. The number of carbonyl (C=O) groups excluding carboxylic acids is 1. The molecule has 2 rings (SSSR count). The minimum Gasteiger partial charge on any atom is -0.384 e. The summed E-state index contributed by atoms with van der Waals surface area (Å²) in [5, 5.41) is 0. The lowest BCUT2D eigenvalue weighted by Gasteiger charge is -2.32. The Bertz CT molecular complexity index is 444. The first kappa shape index (κ1) is 17.9. The zero-order chi connectivity index (χ0) is 16.3. The third-order valence-corrected chi connectivity index (χ3v) is 4.01. The average Bonchev–Trinajstić information content (AvgIpc) is 2.61. The van der Waals surface area contributed by atoms with Crippen molar-refractivity contribution in [3.8, 4) is 0 Å². The van der Waals surface area contributed by atoms with Gasteiger partial charge in [-0.05, 0) is 18.4 Å². The Hall–Kier alpha value is -1.43. The van der Waals surface area contributed by atoms with Crippen LogP contribution in [0.15, 0.2) is 30.3 Å². The summed E-state index contributed by atoms with van der Waals surface area (Å²) in [6.07, 6.45) is 2.51. The summed E-state index contributed by atoms with van der Waals surface area (Å²) in [5.41, 5.74) is 1.18. The molecule has 5 nitrogen and oxygen atoms in total. The molecule has 0 atom stereocenters. The molecule has 0 aromatic heterocycles. The van der Waals surface area contributed by atoms with Gasteiger partial charge in [-0.3, -0.25) is 4.79 Å². The topological polar surface area (TPSA) is 48.0 Å². The molecule has 1 fully saturated rings. The summed E-state index contributed by atoms with van der Waals surface area (Å²) >= 11 is 0. The highest BCUT2D eigenvalue weighted by atomic mass is 16.5. The van der Waals surface area contributed by atoms with Crippen LogP contribution in [0, 0.1) is 0 Å². The van der Waals surface area contributed by atoms with Gasteiger partial charge in [0.2, 0.25) is 5.91 Å². The quantitative estimate of drug-likeness (QED) is 0.655.